The van der Waals surface area contributed by atoms with Crippen LogP contribution < -0.4 is 76.9 Å². The zero-order chi connectivity index (χ0) is 59.9. The predicted octanol–water partition coefficient (Wildman–Crippen LogP) is -2.36. The fourth-order valence-electron chi connectivity index (χ4n) is 9.00. The molecule has 3 aromatic carbocycles. The van der Waals surface area contributed by atoms with E-state index in [1.165, 1.54) is 25.1 Å². The molecular formula is C54H72ClN17O10. The monoisotopic (exact) mass is 1150 g/mol. The highest BCUT2D eigenvalue weighted by molar-refractivity contribution is 6.31. The average molecular weight is 1150 g/mol. The van der Waals surface area contributed by atoms with Gasteiger partial charge in [-0.1, -0.05) is 60.1 Å². The van der Waals surface area contributed by atoms with Crippen LogP contribution in [0.2, 0.25) is 5.02 Å². The lowest BCUT2D eigenvalue weighted by atomic mass is 9.99. The van der Waals surface area contributed by atoms with E-state index in [9.17, 15) is 47.9 Å². The molecule has 5 rings (SSSR count). The van der Waals surface area contributed by atoms with E-state index in [2.05, 4.69) is 57.5 Å². The smallest absolute Gasteiger partial charge is 0.248 e. The van der Waals surface area contributed by atoms with E-state index in [1.54, 1.807) is 42.6 Å². The average Bonchev–Trinajstić information content (AvgIpc) is 3.83. The van der Waals surface area contributed by atoms with Crippen LogP contribution in [0, 0.1) is 0 Å². The highest BCUT2D eigenvalue weighted by atomic mass is 35.5. The number of nitrogens with one attached hydrogen (secondary N) is 9. The fraction of sp³-hybridized carbons (Fsp3) is 0.407. The third-order valence-corrected chi connectivity index (χ3v) is 13.6. The van der Waals surface area contributed by atoms with Crippen molar-refractivity contribution in [3.8, 4) is 0 Å². The van der Waals surface area contributed by atoms with Gasteiger partial charge < -0.3 is 81.9 Å². The Morgan fingerprint density at radius 2 is 1.27 bits per heavy atom. The summed E-state index contributed by atoms with van der Waals surface area (Å²) in [5, 5.41) is 22.3. The highest BCUT2D eigenvalue weighted by Gasteiger charge is 2.35. The van der Waals surface area contributed by atoms with Gasteiger partial charge in [0.25, 0.3) is 0 Å². The summed E-state index contributed by atoms with van der Waals surface area (Å²) < 4.78 is 0. The molecule has 0 radical (unpaired) electrons. The molecule has 27 nitrogen and oxygen atoms in total. The molecule has 1 aliphatic heterocycles. The fourth-order valence-corrected chi connectivity index (χ4v) is 9.21. The molecule has 1 aromatic heterocycles. The molecule has 0 unspecified atom stereocenters. The zero-order valence-electron chi connectivity index (χ0n) is 45.3. The summed E-state index contributed by atoms with van der Waals surface area (Å²) in [5.74, 6) is -8.76. The number of aliphatic imine (C=N–C) groups is 2. The van der Waals surface area contributed by atoms with Crippen LogP contribution >= 0.6 is 11.6 Å². The van der Waals surface area contributed by atoms with Crippen LogP contribution in [-0.2, 0) is 62.4 Å². The van der Waals surface area contributed by atoms with Crippen LogP contribution in [0.3, 0.4) is 0 Å². The Labute approximate surface area is 477 Å². The van der Waals surface area contributed by atoms with Crippen molar-refractivity contribution in [3.63, 3.8) is 0 Å². The molecule has 0 bridgehead atoms. The number of carbonyl (C=O) groups is 10. The van der Waals surface area contributed by atoms with Gasteiger partial charge in [0.05, 0.1) is 0 Å². The van der Waals surface area contributed by atoms with Crippen LogP contribution in [0.15, 0.2) is 89.0 Å². The molecule has 2 heterocycles. The van der Waals surface area contributed by atoms with Gasteiger partial charge in [-0.05, 0) is 85.9 Å². The van der Waals surface area contributed by atoms with Gasteiger partial charge in [0.15, 0.2) is 11.9 Å². The molecule has 440 valence electrons. The summed E-state index contributed by atoms with van der Waals surface area (Å²) in [6.45, 7) is 1.22. The first-order chi connectivity index (χ1) is 39.1. The molecule has 1 aliphatic rings. The second-order valence-electron chi connectivity index (χ2n) is 19.6. The second-order valence-corrected chi connectivity index (χ2v) is 20.0. The Kier molecular flexibility index (Phi) is 24.4. The maximum atomic E-state index is 15.0. The quantitative estimate of drug-likeness (QED) is 0.0266. The summed E-state index contributed by atoms with van der Waals surface area (Å²) in [4.78, 5) is 150. The van der Waals surface area contributed by atoms with Crippen LogP contribution in [-0.4, -0.2) is 138 Å². The molecule has 28 heteroatoms. The molecule has 1 saturated heterocycles. The topological polar surface area (TPSA) is 464 Å². The summed E-state index contributed by atoms with van der Waals surface area (Å²) in [6, 6.07) is 9.42. The Balaban J connectivity index is 1.61. The number of halogens is 1. The number of nitrogens with two attached hydrogens (primary N) is 6. The first kappa shape index (κ1) is 63.6. The van der Waals surface area contributed by atoms with Gasteiger partial charge in [-0.2, -0.15) is 0 Å². The van der Waals surface area contributed by atoms with Crippen molar-refractivity contribution in [2.24, 2.45) is 44.4 Å². The molecule has 0 saturated carbocycles. The van der Waals surface area contributed by atoms with Gasteiger partial charge in [-0.25, -0.2) is 0 Å². The number of primary amides is 2. The van der Waals surface area contributed by atoms with Crippen molar-refractivity contribution in [1.82, 2.24) is 47.5 Å². The van der Waals surface area contributed by atoms with Crippen LogP contribution in [0.25, 0.3) is 10.9 Å². The number of nitrogens with zero attached hydrogens (tertiary/aromatic N) is 2. The number of H-pyrrole nitrogens is 1. The lowest BCUT2D eigenvalue weighted by Crippen LogP contribution is -2.60. The van der Waals surface area contributed by atoms with Gasteiger partial charge >= 0.3 is 0 Å². The van der Waals surface area contributed by atoms with E-state index in [0.29, 0.717) is 16.7 Å². The van der Waals surface area contributed by atoms with Gasteiger partial charge in [-0.15, -0.1) is 0 Å². The zero-order valence-corrected chi connectivity index (χ0v) is 46.0. The SMILES string of the molecule is CC(=O)N[C@@H](CCCN=C(N)N)C(=O)N[C@H]1CCC(=O)NCCC[C@@H](C(N)=O)NC(=O)[C@H](Cc2c[nH]c3ccccc23)NC(=O)[C@H](CCCN=C(N)N)NC(=O)[C@@H](Cc2ccccc2Cl)NC(=O)[C@H](Cc2cccc(C(N)=O)c2)NC1=O. The minimum Gasteiger partial charge on any atom is -0.370 e. The van der Waals surface area contributed by atoms with E-state index in [1.807, 2.05) is 18.2 Å². The highest BCUT2D eigenvalue weighted by Crippen LogP contribution is 2.21. The van der Waals surface area contributed by atoms with Crippen molar-refractivity contribution in [3.05, 3.63) is 106 Å². The Morgan fingerprint density at radius 1 is 0.671 bits per heavy atom. The Morgan fingerprint density at radius 3 is 1.93 bits per heavy atom. The van der Waals surface area contributed by atoms with E-state index >= 15 is 0 Å². The van der Waals surface area contributed by atoms with E-state index < -0.39 is 108 Å². The minimum absolute atomic E-state index is 0.00339. The van der Waals surface area contributed by atoms with Crippen molar-refractivity contribution in [2.75, 3.05) is 19.6 Å². The summed E-state index contributed by atoms with van der Waals surface area (Å²) in [6.07, 6.45) is 0.338. The number of hydrogen-bond donors (Lipinski definition) is 15. The molecular weight excluding hydrogens is 1080 g/mol. The van der Waals surface area contributed by atoms with Crippen LogP contribution in [0.4, 0.5) is 0 Å². The summed E-state index contributed by atoms with van der Waals surface area (Å²) >= 11 is 6.64. The van der Waals surface area contributed by atoms with E-state index in [0.717, 1.165) is 10.9 Å². The number of amides is 10. The largest absolute Gasteiger partial charge is 0.370 e. The van der Waals surface area contributed by atoms with Gasteiger partial charge in [0.2, 0.25) is 59.1 Å². The molecule has 1 fully saturated rings. The van der Waals surface area contributed by atoms with Crippen LogP contribution in [0.5, 0.6) is 0 Å². The van der Waals surface area contributed by atoms with Crippen LogP contribution in [0.1, 0.15) is 85.3 Å². The number of benzene rings is 3. The lowest BCUT2D eigenvalue weighted by Gasteiger charge is -2.28. The Hall–Kier alpha value is -9.27. The van der Waals surface area contributed by atoms with Gasteiger partial charge in [0.1, 0.15) is 42.3 Å². The number of aromatic amines is 1. The minimum atomic E-state index is -1.61. The third-order valence-electron chi connectivity index (χ3n) is 13.2. The summed E-state index contributed by atoms with van der Waals surface area (Å²) in [7, 11) is 0. The van der Waals surface area contributed by atoms with Crippen molar-refractivity contribution in [2.45, 2.75) is 120 Å². The molecule has 0 aliphatic carbocycles. The molecule has 10 amide bonds. The first-order valence-electron chi connectivity index (χ1n) is 26.5. The maximum absolute atomic E-state index is 15.0. The van der Waals surface area contributed by atoms with Gasteiger partial charge in [-0.3, -0.25) is 57.9 Å². The van der Waals surface area contributed by atoms with E-state index in [-0.39, 0.29) is 106 Å². The standard InChI is InChI=1S/C54H72ClN17O10/c1-29(73)66-38(17-8-22-63-53(58)59)47(77)69-40-19-20-44(74)62-21-7-16-37(46(57)76)67-51(81)43(27-33-28-65-36-15-5-3-13-34(33)36)71-48(78)39(18-9-23-64-54(60)61)68-52(82)42(26-31-11-2-4-14-35(31)55)72-50(80)41(70-49(40)79)25-30-10-6-12-32(24-30)45(56)75/h2-6,10-15,24,28,37-43,65H,7-9,16-23,25-27H2,1H3,(H2,56,75)(H2,57,76)(H,62,74)(H,66,73)(H,67,81)(H,68,82)(H,69,77)(H,70,79)(H,71,78)(H,72,80)(H4,58,59,63)(H4,60,61,64)/t37-,38-,39-,40-,41-,42+,43-/m0/s1. The number of rotatable bonds is 19. The maximum Gasteiger partial charge on any atom is 0.248 e. The molecule has 82 heavy (non-hydrogen) atoms. The number of hydrogen-bond acceptors (Lipinski definition) is 12. The normalized spacial score (nSPS) is 20.2. The number of para-hydroxylation sites is 1. The molecule has 7 atom stereocenters. The summed E-state index contributed by atoms with van der Waals surface area (Å²) in [5.41, 5.74) is 35.6. The Bertz CT molecular complexity index is 3020. The molecule has 21 N–H and O–H groups in total. The van der Waals surface area contributed by atoms with Crippen molar-refractivity contribution < 1.29 is 47.9 Å². The molecule has 4 aromatic rings. The number of guanidine groups is 2. The van der Waals surface area contributed by atoms with Gasteiger partial charge in [0, 0.05) is 79.9 Å². The number of aromatic nitrogens is 1. The van der Waals surface area contributed by atoms with E-state index in [4.69, 9.17) is 46.0 Å². The lowest BCUT2D eigenvalue weighted by molar-refractivity contribution is -0.135. The van der Waals surface area contributed by atoms with Crippen molar-refractivity contribution in [1.29, 1.82) is 0 Å². The third kappa shape index (κ3) is 20.4. The first-order valence-corrected chi connectivity index (χ1v) is 26.9. The number of carbonyl (C=O) groups excluding carboxylic acids is 10. The molecule has 0 spiro atoms. The predicted molar refractivity (Wildman–Crippen MR) is 306 cm³/mol. The number of fused-ring (bicyclic) bond motifs is 1. The second kappa shape index (κ2) is 31.5. The van der Waals surface area contributed by atoms with Crippen molar-refractivity contribution >= 4 is 93.5 Å².